The van der Waals surface area contributed by atoms with E-state index in [9.17, 15) is 5.11 Å². The second-order valence-corrected chi connectivity index (χ2v) is 6.03. The highest BCUT2D eigenvalue weighted by molar-refractivity contribution is 5.14. The van der Waals surface area contributed by atoms with Gasteiger partial charge in [0.1, 0.15) is 18.3 Å². The predicted octanol–water partition coefficient (Wildman–Crippen LogP) is 2.52. The fourth-order valence-electron chi connectivity index (χ4n) is 2.93. The van der Waals surface area contributed by atoms with Crippen LogP contribution in [0.5, 0.6) is 0 Å². The highest BCUT2D eigenvalue weighted by atomic mass is 16.7. The van der Waals surface area contributed by atoms with Crippen LogP contribution in [0.25, 0.3) is 0 Å². The third-order valence-electron chi connectivity index (χ3n) is 4.24. The van der Waals surface area contributed by atoms with Gasteiger partial charge >= 0.3 is 0 Å². The minimum absolute atomic E-state index is 0.325. The minimum atomic E-state index is -1.02. The largest absolute Gasteiger partial charge is 0.374 e. The summed E-state index contributed by atoms with van der Waals surface area (Å²) in [4.78, 5) is 0. The van der Waals surface area contributed by atoms with Gasteiger partial charge in [-0.15, -0.1) is 0 Å². The first-order valence-corrected chi connectivity index (χ1v) is 8.41. The van der Waals surface area contributed by atoms with Gasteiger partial charge in [-0.25, -0.2) is 0 Å². The van der Waals surface area contributed by atoms with Crippen LogP contribution in [0.1, 0.15) is 11.1 Å². The molecular weight excluding hydrogens is 320 g/mol. The maximum absolute atomic E-state index is 10.1. The van der Waals surface area contributed by atoms with E-state index < -0.39 is 18.5 Å². The van der Waals surface area contributed by atoms with E-state index in [0.29, 0.717) is 19.8 Å². The molecule has 0 unspecified atom stereocenters. The van der Waals surface area contributed by atoms with Crippen LogP contribution in [-0.4, -0.2) is 43.4 Å². The highest BCUT2D eigenvalue weighted by Gasteiger charge is 2.45. The fraction of sp³-hybridized carbons (Fsp3) is 0.400. The summed E-state index contributed by atoms with van der Waals surface area (Å²) < 4.78 is 22.7. The Hall–Kier alpha value is -1.76. The molecule has 0 saturated carbocycles. The summed E-state index contributed by atoms with van der Waals surface area (Å²) in [7, 11) is 1.54. The number of hydrogen-bond donors (Lipinski definition) is 1. The van der Waals surface area contributed by atoms with Crippen LogP contribution in [0.15, 0.2) is 60.7 Å². The molecule has 0 bridgehead atoms. The molecule has 0 amide bonds. The van der Waals surface area contributed by atoms with E-state index in [-0.39, 0.29) is 6.10 Å². The lowest BCUT2D eigenvalue weighted by Gasteiger charge is -2.22. The molecule has 5 heteroatoms. The van der Waals surface area contributed by atoms with Gasteiger partial charge in [0.25, 0.3) is 0 Å². The molecule has 1 heterocycles. The lowest BCUT2D eigenvalue weighted by molar-refractivity contribution is -0.143. The fourth-order valence-corrected chi connectivity index (χ4v) is 2.93. The van der Waals surface area contributed by atoms with Crippen molar-refractivity contribution in [3.05, 3.63) is 71.8 Å². The van der Waals surface area contributed by atoms with Crippen molar-refractivity contribution in [2.75, 3.05) is 13.7 Å². The van der Waals surface area contributed by atoms with E-state index in [4.69, 9.17) is 18.9 Å². The Balaban J connectivity index is 1.56. The molecule has 0 spiro atoms. The molecule has 1 aliphatic heterocycles. The molecule has 0 aromatic heterocycles. The van der Waals surface area contributed by atoms with Crippen molar-refractivity contribution in [2.45, 2.75) is 37.8 Å². The quantitative estimate of drug-likeness (QED) is 0.797. The van der Waals surface area contributed by atoms with E-state index >= 15 is 0 Å². The SMILES string of the molecule is CO[C@@H]1[C@H](OCc2ccccc2)[C@@H](COCc2ccccc2)O[C@@H]1O. The molecule has 2 aromatic rings. The van der Waals surface area contributed by atoms with E-state index in [2.05, 4.69) is 0 Å². The average molecular weight is 344 g/mol. The Morgan fingerprint density at radius 1 is 0.880 bits per heavy atom. The Bertz CT molecular complexity index is 618. The molecule has 1 N–H and O–H groups in total. The van der Waals surface area contributed by atoms with Crippen LogP contribution < -0.4 is 0 Å². The first-order chi connectivity index (χ1) is 12.3. The minimum Gasteiger partial charge on any atom is -0.374 e. The average Bonchev–Trinajstić information content (AvgIpc) is 2.96. The monoisotopic (exact) mass is 344 g/mol. The van der Waals surface area contributed by atoms with Crippen LogP contribution in [0.3, 0.4) is 0 Å². The zero-order valence-electron chi connectivity index (χ0n) is 14.3. The van der Waals surface area contributed by atoms with Crippen molar-refractivity contribution in [3.8, 4) is 0 Å². The number of aliphatic hydroxyl groups excluding tert-OH is 1. The summed E-state index contributed by atoms with van der Waals surface area (Å²) in [6, 6.07) is 19.8. The lowest BCUT2D eigenvalue weighted by atomic mass is 10.1. The second-order valence-electron chi connectivity index (χ2n) is 6.03. The summed E-state index contributed by atoms with van der Waals surface area (Å²) in [5, 5.41) is 10.1. The molecule has 4 atom stereocenters. The number of hydrogen-bond acceptors (Lipinski definition) is 5. The summed E-state index contributed by atoms with van der Waals surface area (Å²) in [5.41, 5.74) is 2.15. The van der Waals surface area contributed by atoms with Crippen LogP contribution in [0, 0.1) is 0 Å². The first-order valence-electron chi connectivity index (χ1n) is 8.41. The Morgan fingerprint density at radius 3 is 2.08 bits per heavy atom. The van der Waals surface area contributed by atoms with Crippen LogP contribution >= 0.6 is 0 Å². The molecule has 134 valence electrons. The Morgan fingerprint density at radius 2 is 1.48 bits per heavy atom. The van der Waals surface area contributed by atoms with Crippen molar-refractivity contribution < 1.29 is 24.1 Å². The number of ether oxygens (including phenoxy) is 4. The third kappa shape index (κ3) is 4.87. The first kappa shape index (κ1) is 18.0. The van der Waals surface area contributed by atoms with Crippen LogP contribution in [0.2, 0.25) is 0 Å². The molecule has 5 nitrogen and oxygen atoms in total. The van der Waals surface area contributed by atoms with Gasteiger partial charge in [0.2, 0.25) is 0 Å². The van der Waals surface area contributed by atoms with Gasteiger partial charge < -0.3 is 24.1 Å². The van der Waals surface area contributed by atoms with Gasteiger partial charge in [0.05, 0.1) is 19.8 Å². The van der Waals surface area contributed by atoms with E-state index in [0.717, 1.165) is 11.1 Å². The maximum Gasteiger partial charge on any atom is 0.184 e. The third-order valence-corrected chi connectivity index (χ3v) is 4.24. The number of benzene rings is 2. The molecule has 1 aliphatic rings. The Kier molecular flexibility index (Phi) is 6.55. The lowest BCUT2D eigenvalue weighted by Crippen LogP contribution is -2.38. The van der Waals surface area contributed by atoms with Gasteiger partial charge in [-0.05, 0) is 11.1 Å². The summed E-state index contributed by atoms with van der Waals surface area (Å²) in [5.74, 6) is 0. The maximum atomic E-state index is 10.1. The molecule has 25 heavy (non-hydrogen) atoms. The van der Waals surface area contributed by atoms with Gasteiger partial charge in [-0.3, -0.25) is 0 Å². The topological polar surface area (TPSA) is 57.2 Å². The van der Waals surface area contributed by atoms with Crippen molar-refractivity contribution in [2.24, 2.45) is 0 Å². The van der Waals surface area contributed by atoms with E-state index in [1.165, 1.54) is 0 Å². The van der Waals surface area contributed by atoms with Crippen LogP contribution in [-0.2, 0) is 32.2 Å². The number of aliphatic hydroxyl groups is 1. The standard InChI is InChI=1S/C20H24O5/c1-22-19-18(24-13-16-10-6-3-7-11-16)17(25-20(19)21)14-23-12-15-8-4-2-5-9-15/h2-11,17-21H,12-14H2,1H3/t17-,18-,19-,20+/m1/s1. The molecule has 2 aromatic carbocycles. The number of rotatable bonds is 8. The zero-order chi connectivity index (χ0) is 17.5. The van der Waals surface area contributed by atoms with Crippen molar-refractivity contribution in [1.82, 2.24) is 0 Å². The molecular formula is C20H24O5. The van der Waals surface area contributed by atoms with Gasteiger partial charge in [-0.2, -0.15) is 0 Å². The van der Waals surface area contributed by atoms with Crippen LogP contribution in [0.4, 0.5) is 0 Å². The second kappa shape index (κ2) is 9.08. The number of methoxy groups -OCH3 is 1. The van der Waals surface area contributed by atoms with Crippen molar-refractivity contribution in [3.63, 3.8) is 0 Å². The Labute approximate surface area is 148 Å². The zero-order valence-corrected chi connectivity index (χ0v) is 14.3. The van der Waals surface area contributed by atoms with E-state index in [1.54, 1.807) is 7.11 Å². The molecule has 1 saturated heterocycles. The molecule has 3 rings (SSSR count). The van der Waals surface area contributed by atoms with E-state index in [1.807, 2.05) is 60.7 Å². The molecule has 1 fully saturated rings. The molecule has 0 aliphatic carbocycles. The summed E-state index contributed by atoms with van der Waals surface area (Å²) in [6.45, 7) is 1.24. The summed E-state index contributed by atoms with van der Waals surface area (Å²) in [6.07, 6.45) is -2.33. The predicted molar refractivity (Wildman–Crippen MR) is 92.8 cm³/mol. The summed E-state index contributed by atoms with van der Waals surface area (Å²) >= 11 is 0. The smallest absolute Gasteiger partial charge is 0.184 e. The molecule has 0 radical (unpaired) electrons. The van der Waals surface area contributed by atoms with Crippen molar-refractivity contribution >= 4 is 0 Å². The van der Waals surface area contributed by atoms with Gasteiger partial charge in [-0.1, -0.05) is 60.7 Å². The normalized spacial score (nSPS) is 26.0. The highest BCUT2D eigenvalue weighted by Crippen LogP contribution is 2.26. The van der Waals surface area contributed by atoms with Crippen molar-refractivity contribution in [1.29, 1.82) is 0 Å². The van der Waals surface area contributed by atoms with Gasteiger partial charge in [0.15, 0.2) is 6.29 Å². The van der Waals surface area contributed by atoms with Gasteiger partial charge in [0, 0.05) is 7.11 Å².